The lowest BCUT2D eigenvalue weighted by molar-refractivity contribution is -0.117. The van der Waals surface area contributed by atoms with Crippen LogP contribution in [-0.2, 0) is 11.8 Å². The van der Waals surface area contributed by atoms with Crippen LogP contribution < -0.4 is 5.32 Å². The third-order valence-corrected chi connectivity index (χ3v) is 4.03. The zero-order valence-corrected chi connectivity index (χ0v) is 14.5. The van der Waals surface area contributed by atoms with E-state index in [0.717, 1.165) is 22.5 Å². The van der Waals surface area contributed by atoms with E-state index in [0.29, 0.717) is 0 Å². The molecule has 6 nitrogen and oxygen atoms in total. The molecule has 0 aliphatic heterocycles. The molecule has 2 aromatic heterocycles. The summed E-state index contributed by atoms with van der Waals surface area (Å²) in [7, 11) is 1.84. The third-order valence-electron chi connectivity index (χ3n) is 4.03. The Kier molecular flexibility index (Phi) is 4.79. The van der Waals surface area contributed by atoms with Crippen LogP contribution in [0.25, 0.3) is 11.8 Å². The van der Waals surface area contributed by atoms with Gasteiger partial charge in [-0.3, -0.25) is 9.48 Å². The minimum absolute atomic E-state index is 0.136. The molecular formula is C19H21N5O. The predicted molar refractivity (Wildman–Crippen MR) is 97.1 cm³/mol. The van der Waals surface area contributed by atoms with Crippen molar-refractivity contribution in [3.8, 4) is 5.69 Å². The minimum Gasteiger partial charge on any atom is -0.346 e. The Hall–Kier alpha value is -3.15. The van der Waals surface area contributed by atoms with E-state index < -0.39 is 0 Å². The first kappa shape index (κ1) is 16.7. The zero-order valence-electron chi connectivity index (χ0n) is 14.5. The fraction of sp³-hybridized carbons (Fsp3) is 0.211. The number of benzene rings is 1. The molecule has 0 aliphatic carbocycles. The van der Waals surface area contributed by atoms with Gasteiger partial charge in [0.15, 0.2) is 0 Å². The maximum atomic E-state index is 12.1. The van der Waals surface area contributed by atoms with Gasteiger partial charge in [-0.15, -0.1) is 0 Å². The number of rotatable bonds is 5. The second kappa shape index (κ2) is 7.17. The Bertz CT molecular complexity index is 892. The van der Waals surface area contributed by atoms with Crippen molar-refractivity contribution in [2.75, 3.05) is 0 Å². The van der Waals surface area contributed by atoms with Crippen LogP contribution in [0.4, 0.5) is 0 Å². The van der Waals surface area contributed by atoms with E-state index in [2.05, 4.69) is 15.5 Å². The molecule has 3 aromatic rings. The van der Waals surface area contributed by atoms with Gasteiger partial charge < -0.3 is 5.32 Å². The van der Waals surface area contributed by atoms with Crippen molar-refractivity contribution < 1.29 is 4.79 Å². The van der Waals surface area contributed by atoms with Crippen LogP contribution in [0.5, 0.6) is 0 Å². The summed E-state index contributed by atoms with van der Waals surface area (Å²) >= 11 is 0. The number of para-hydroxylation sites is 1. The zero-order chi connectivity index (χ0) is 17.8. The summed E-state index contributed by atoms with van der Waals surface area (Å²) in [6.45, 7) is 3.96. The van der Waals surface area contributed by atoms with Gasteiger partial charge in [-0.05, 0) is 32.1 Å². The molecule has 6 heteroatoms. The Morgan fingerprint density at radius 3 is 2.64 bits per heavy atom. The summed E-state index contributed by atoms with van der Waals surface area (Å²) in [4.78, 5) is 12.1. The van der Waals surface area contributed by atoms with E-state index in [1.807, 2.05) is 62.1 Å². The number of aryl methyl sites for hydroxylation is 1. The van der Waals surface area contributed by atoms with E-state index in [1.165, 1.54) is 6.08 Å². The van der Waals surface area contributed by atoms with Crippen molar-refractivity contribution in [2.45, 2.75) is 19.9 Å². The number of nitrogens with zero attached hydrogens (tertiary/aromatic N) is 4. The van der Waals surface area contributed by atoms with Gasteiger partial charge in [0.05, 0.1) is 24.1 Å². The molecule has 0 bridgehead atoms. The molecule has 1 aromatic carbocycles. The Morgan fingerprint density at radius 2 is 1.96 bits per heavy atom. The van der Waals surface area contributed by atoms with Gasteiger partial charge in [-0.2, -0.15) is 10.2 Å². The van der Waals surface area contributed by atoms with Crippen molar-refractivity contribution in [2.24, 2.45) is 7.05 Å². The highest BCUT2D eigenvalue weighted by molar-refractivity contribution is 5.91. The van der Waals surface area contributed by atoms with Crippen molar-refractivity contribution in [3.63, 3.8) is 0 Å². The van der Waals surface area contributed by atoms with E-state index in [-0.39, 0.29) is 11.9 Å². The van der Waals surface area contributed by atoms with Crippen molar-refractivity contribution in [3.05, 3.63) is 71.8 Å². The predicted octanol–water partition coefficient (Wildman–Crippen LogP) is 2.80. The molecule has 3 rings (SSSR count). The van der Waals surface area contributed by atoms with Gasteiger partial charge in [0.2, 0.25) is 5.91 Å². The number of carbonyl (C=O) groups excluding carboxylic acids is 1. The molecule has 0 radical (unpaired) electrons. The SMILES string of the molecule is Cc1c([C@@H](C)NC(=O)/C=C\c2cnn(C)c2)cnn1-c1ccccc1. The number of carbonyl (C=O) groups is 1. The average Bonchev–Trinajstić information content (AvgIpc) is 3.19. The summed E-state index contributed by atoms with van der Waals surface area (Å²) in [5.74, 6) is -0.150. The van der Waals surface area contributed by atoms with Crippen molar-refractivity contribution >= 4 is 12.0 Å². The lowest BCUT2D eigenvalue weighted by Gasteiger charge is -2.12. The van der Waals surface area contributed by atoms with Crippen molar-refractivity contribution in [1.29, 1.82) is 0 Å². The summed E-state index contributed by atoms with van der Waals surface area (Å²) in [6, 6.07) is 9.80. The highest BCUT2D eigenvalue weighted by Gasteiger charge is 2.15. The van der Waals surface area contributed by atoms with Gasteiger partial charge in [0, 0.05) is 36.1 Å². The maximum absolute atomic E-state index is 12.1. The molecule has 1 amide bonds. The molecule has 0 saturated heterocycles. The molecule has 0 fully saturated rings. The third kappa shape index (κ3) is 3.85. The monoisotopic (exact) mass is 335 g/mol. The summed E-state index contributed by atoms with van der Waals surface area (Å²) < 4.78 is 3.57. The molecule has 25 heavy (non-hydrogen) atoms. The fourth-order valence-electron chi connectivity index (χ4n) is 2.71. The molecule has 0 saturated carbocycles. The maximum Gasteiger partial charge on any atom is 0.244 e. The second-order valence-corrected chi connectivity index (χ2v) is 5.94. The van der Waals surface area contributed by atoms with Crippen LogP contribution >= 0.6 is 0 Å². The number of aromatic nitrogens is 4. The topological polar surface area (TPSA) is 64.7 Å². The molecule has 1 atom stereocenters. The van der Waals surface area contributed by atoms with Gasteiger partial charge >= 0.3 is 0 Å². The Balaban J connectivity index is 1.69. The first-order valence-electron chi connectivity index (χ1n) is 8.12. The molecule has 0 unspecified atom stereocenters. The van der Waals surface area contributed by atoms with Crippen LogP contribution in [0.1, 0.15) is 29.8 Å². The van der Waals surface area contributed by atoms with Crippen LogP contribution in [0.2, 0.25) is 0 Å². The Morgan fingerprint density at radius 1 is 1.20 bits per heavy atom. The first-order chi connectivity index (χ1) is 12.0. The highest BCUT2D eigenvalue weighted by atomic mass is 16.1. The number of amides is 1. The normalized spacial score (nSPS) is 12.4. The van der Waals surface area contributed by atoms with Gasteiger partial charge in [0.25, 0.3) is 0 Å². The quantitative estimate of drug-likeness (QED) is 0.729. The number of hydrogen-bond donors (Lipinski definition) is 1. The lowest BCUT2D eigenvalue weighted by Crippen LogP contribution is -2.25. The highest BCUT2D eigenvalue weighted by Crippen LogP contribution is 2.20. The van der Waals surface area contributed by atoms with Crippen LogP contribution in [-0.4, -0.2) is 25.5 Å². The van der Waals surface area contributed by atoms with Crippen molar-refractivity contribution in [1.82, 2.24) is 24.9 Å². The average molecular weight is 335 g/mol. The first-order valence-corrected chi connectivity index (χ1v) is 8.12. The minimum atomic E-state index is -0.150. The second-order valence-electron chi connectivity index (χ2n) is 5.94. The van der Waals surface area contributed by atoms with Gasteiger partial charge in [0.1, 0.15) is 0 Å². The number of nitrogens with one attached hydrogen (secondary N) is 1. The van der Waals surface area contributed by atoms with E-state index in [4.69, 9.17) is 0 Å². The lowest BCUT2D eigenvalue weighted by atomic mass is 10.1. The smallest absolute Gasteiger partial charge is 0.244 e. The fourth-order valence-corrected chi connectivity index (χ4v) is 2.71. The largest absolute Gasteiger partial charge is 0.346 e. The molecule has 1 N–H and O–H groups in total. The van der Waals surface area contributed by atoms with E-state index in [1.54, 1.807) is 23.2 Å². The molecule has 128 valence electrons. The molecule has 0 aliphatic rings. The molecule has 0 spiro atoms. The van der Waals surface area contributed by atoms with Crippen LogP contribution in [0.15, 0.2) is 55.0 Å². The number of hydrogen-bond acceptors (Lipinski definition) is 3. The summed E-state index contributed by atoms with van der Waals surface area (Å²) in [5.41, 5.74) is 3.89. The molecule has 2 heterocycles. The van der Waals surface area contributed by atoms with Crippen LogP contribution in [0, 0.1) is 6.92 Å². The summed E-state index contributed by atoms with van der Waals surface area (Å²) in [5, 5.41) is 11.5. The molecular weight excluding hydrogens is 314 g/mol. The van der Waals surface area contributed by atoms with Gasteiger partial charge in [-0.25, -0.2) is 4.68 Å². The van der Waals surface area contributed by atoms with Gasteiger partial charge in [-0.1, -0.05) is 18.2 Å². The van der Waals surface area contributed by atoms with E-state index in [9.17, 15) is 4.79 Å². The Labute approximate surface area is 146 Å². The summed E-state index contributed by atoms with van der Waals surface area (Å²) in [6.07, 6.45) is 8.63. The standard InChI is InChI=1S/C19H21N5O/c1-14(22-19(25)10-9-16-11-20-23(3)13-16)18-12-21-24(15(18)2)17-7-5-4-6-8-17/h4-14H,1-3H3,(H,22,25)/b10-9-/t14-/m1/s1. The van der Waals surface area contributed by atoms with Crippen LogP contribution in [0.3, 0.4) is 0 Å². The van der Waals surface area contributed by atoms with E-state index >= 15 is 0 Å².